The molecule has 86 valence electrons. The largest absolute Gasteiger partial charge is 0.352 e. The molecule has 4 nitrogen and oxygen atoms in total. The molecule has 2 amide bonds. The highest BCUT2D eigenvalue weighted by Gasteiger charge is 2.28. The van der Waals surface area contributed by atoms with Crippen molar-refractivity contribution in [3.8, 4) is 0 Å². The summed E-state index contributed by atoms with van der Waals surface area (Å²) >= 11 is 0. The molecule has 0 spiro atoms. The first-order valence-corrected chi connectivity index (χ1v) is 5.81. The second kappa shape index (κ2) is 6.43. The lowest BCUT2D eigenvalue weighted by Crippen LogP contribution is -2.61. The number of unbranched alkanes of at least 4 members (excludes halogenated alkanes) is 4. The number of hydrogen-bond acceptors (Lipinski definition) is 2. The lowest BCUT2D eigenvalue weighted by molar-refractivity contribution is -0.133. The second-order valence-corrected chi connectivity index (χ2v) is 4.03. The van der Waals surface area contributed by atoms with Gasteiger partial charge in [-0.15, -0.1) is 0 Å². The average molecular weight is 212 g/mol. The van der Waals surface area contributed by atoms with Gasteiger partial charge in [0.15, 0.2) is 0 Å². The topological polar surface area (TPSA) is 58.2 Å². The molecular weight excluding hydrogens is 192 g/mol. The van der Waals surface area contributed by atoms with Gasteiger partial charge in [-0.25, -0.2) is 0 Å². The maximum absolute atomic E-state index is 11.3. The number of carbonyl (C=O) groups is 2. The van der Waals surface area contributed by atoms with Crippen molar-refractivity contribution in [2.45, 2.75) is 51.5 Å². The summed E-state index contributed by atoms with van der Waals surface area (Å²) in [6.45, 7) is 2.75. The molecule has 1 fully saturated rings. The van der Waals surface area contributed by atoms with E-state index in [1.165, 1.54) is 19.3 Å². The van der Waals surface area contributed by atoms with E-state index in [2.05, 4.69) is 17.6 Å². The van der Waals surface area contributed by atoms with Gasteiger partial charge in [-0.1, -0.05) is 32.6 Å². The second-order valence-electron chi connectivity index (χ2n) is 4.03. The van der Waals surface area contributed by atoms with Crippen LogP contribution in [0.25, 0.3) is 0 Å². The van der Waals surface area contributed by atoms with E-state index in [-0.39, 0.29) is 17.9 Å². The van der Waals surface area contributed by atoms with Gasteiger partial charge in [0.05, 0.1) is 0 Å². The number of amides is 2. The summed E-state index contributed by atoms with van der Waals surface area (Å²) in [6.07, 6.45) is 6.25. The SMILES string of the molecule is CCCCCCCC(=O)NC1CNC1=O. The van der Waals surface area contributed by atoms with Gasteiger partial charge in [0.25, 0.3) is 0 Å². The summed E-state index contributed by atoms with van der Waals surface area (Å²) in [6, 6.07) is -0.270. The van der Waals surface area contributed by atoms with Crippen molar-refractivity contribution in [1.29, 1.82) is 0 Å². The molecule has 0 aromatic heterocycles. The molecule has 1 heterocycles. The van der Waals surface area contributed by atoms with Crippen LogP contribution in [-0.4, -0.2) is 24.4 Å². The Balaban J connectivity index is 1.96. The normalized spacial score (nSPS) is 19.3. The van der Waals surface area contributed by atoms with Crippen molar-refractivity contribution in [2.75, 3.05) is 6.54 Å². The van der Waals surface area contributed by atoms with E-state index in [1.54, 1.807) is 0 Å². The Hall–Kier alpha value is -1.06. The van der Waals surface area contributed by atoms with Gasteiger partial charge in [-0.3, -0.25) is 9.59 Å². The third-order valence-corrected chi connectivity index (χ3v) is 2.64. The fraction of sp³-hybridized carbons (Fsp3) is 0.818. The highest BCUT2D eigenvalue weighted by atomic mass is 16.2. The molecule has 4 heteroatoms. The fourth-order valence-corrected chi connectivity index (χ4v) is 1.56. The maximum Gasteiger partial charge on any atom is 0.244 e. The molecule has 0 bridgehead atoms. The number of β-lactam (4-membered cyclic amide) rings is 1. The smallest absolute Gasteiger partial charge is 0.244 e. The molecule has 0 aromatic carbocycles. The number of carbonyl (C=O) groups excluding carboxylic acids is 2. The van der Waals surface area contributed by atoms with Crippen LogP contribution in [0, 0.1) is 0 Å². The summed E-state index contributed by atoms with van der Waals surface area (Å²) < 4.78 is 0. The summed E-state index contributed by atoms with van der Waals surface area (Å²) in [7, 11) is 0. The summed E-state index contributed by atoms with van der Waals surface area (Å²) in [5, 5.41) is 5.30. The summed E-state index contributed by atoms with van der Waals surface area (Å²) in [5.74, 6) is -0.0549. The van der Waals surface area contributed by atoms with E-state index in [0.717, 1.165) is 12.8 Å². The van der Waals surface area contributed by atoms with Crippen LogP contribution in [0.5, 0.6) is 0 Å². The van der Waals surface area contributed by atoms with Gasteiger partial charge in [0.2, 0.25) is 11.8 Å². The fourth-order valence-electron chi connectivity index (χ4n) is 1.56. The van der Waals surface area contributed by atoms with Crippen molar-refractivity contribution >= 4 is 11.8 Å². The highest BCUT2D eigenvalue weighted by Crippen LogP contribution is 2.05. The first kappa shape index (κ1) is 12.0. The number of rotatable bonds is 7. The van der Waals surface area contributed by atoms with Crippen LogP contribution in [0.1, 0.15) is 45.4 Å². The quantitative estimate of drug-likeness (QED) is 0.488. The number of hydrogen-bond donors (Lipinski definition) is 2. The Bertz CT molecular complexity index is 229. The first-order valence-electron chi connectivity index (χ1n) is 5.81. The zero-order chi connectivity index (χ0) is 11.1. The van der Waals surface area contributed by atoms with Crippen LogP contribution in [0.4, 0.5) is 0 Å². The van der Waals surface area contributed by atoms with E-state index in [9.17, 15) is 9.59 Å². The van der Waals surface area contributed by atoms with Crippen LogP contribution in [0.15, 0.2) is 0 Å². The molecule has 0 radical (unpaired) electrons. The molecule has 1 saturated heterocycles. The average Bonchev–Trinajstić information content (AvgIpc) is 2.23. The van der Waals surface area contributed by atoms with Crippen LogP contribution in [-0.2, 0) is 9.59 Å². The van der Waals surface area contributed by atoms with E-state index >= 15 is 0 Å². The van der Waals surface area contributed by atoms with Crippen LogP contribution in [0.3, 0.4) is 0 Å². The minimum absolute atomic E-state index is 0.00588. The lowest BCUT2D eigenvalue weighted by Gasteiger charge is -2.26. The minimum Gasteiger partial charge on any atom is -0.352 e. The molecule has 0 aliphatic carbocycles. The Morgan fingerprint density at radius 1 is 1.40 bits per heavy atom. The monoisotopic (exact) mass is 212 g/mol. The molecule has 1 aliphatic rings. The minimum atomic E-state index is -0.270. The van der Waals surface area contributed by atoms with Gasteiger partial charge in [-0.2, -0.15) is 0 Å². The van der Waals surface area contributed by atoms with E-state index in [0.29, 0.717) is 13.0 Å². The predicted molar refractivity (Wildman–Crippen MR) is 58.3 cm³/mol. The van der Waals surface area contributed by atoms with E-state index < -0.39 is 0 Å². The van der Waals surface area contributed by atoms with Crippen molar-refractivity contribution in [2.24, 2.45) is 0 Å². The van der Waals surface area contributed by atoms with Crippen molar-refractivity contribution in [3.63, 3.8) is 0 Å². The van der Waals surface area contributed by atoms with Gasteiger partial charge in [0.1, 0.15) is 6.04 Å². The van der Waals surface area contributed by atoms with Gasteiger partial charge < -0.3 is 10.6 Å². The molecular formula is C11H20N2O2. The standard InChI is InChI=1S/C11H20N2O2/c1-2-3-4-5-6-7-10(14)13-9-8-12-11(9)15/h9H,2-8H2,1H3,(H,12,15)(H,13,14). The number of nitrogens with one attached hydrogen (secondary N) is 2. The van der Waals surface area contributed by atoms with Crippen molar-refractivity contribution < 1.29 is 9.59 Å². The molecule has 1 unspecified atom stereocenters. The Labute approximate surface area is 90.8 Å². The Kier molecular flexibility index (Phi) is 5.15. The maximum atomic E-state index is 11.3. The van der Waals surface area contributed by atoms with Gasteiger partial charge >= 0.3 is 0 Å². The Morgan fingerprint density at radius 2 is 2.13 bits per heavy atom. The molecule has 2 N–H and O–H groups in total. The molecule has 0 aromatic rings. The Morgan fingerprint density at radius 3 is 2.67 bits per heavy atom. The third kappa shape index (κ3) is 4.32. The lowest BCUT2D eigenvalue weighted by atomic mass is 10.1. The molecule has 0 saturated carbocycles. The first-order chi connectivity index (χ1) is 7.24. The van der Waals surface area contributed by atoms with Crippen LogP contribution >= 0.6 is 0 Å². The van der Waals surface area contributed by atoms with E-state index in [4.69, 9.17) is 0 Å². The molecule has 1 aliphatic heterocycles. The third-order valence-electron chi connectivity index (χ3n) is 2.64. The zero-order valence-electron chi connectivity index (χ0n) is 9.34. The zero-order valence-corrected chi connectivity index (χ0v) is 9.34. The summed E-state index contributed by atoms with van der Waals surface area (Å²) in [5.41, 5.74) is 0. The molecule has 1 rings (SSSR count). The van der Waals surface area contributed by atoms with Crippen LogP contribution in [0.2, 0.25) is 0 Å². The van der Waals surface area contributed by atoms with Crippen molar-refractivity contribution in [1.82, 2.24) is 10.6 Å². The summed E-state index contributed by atoms with van der Waals surface area (Å²) in [4.78, 5) is 22.2. The molecule has 1 atom stereocenters. The highest BCUT2D eigenvalue weighted by molar-refractivity contribution is 5.92. The van der Waals surface area contributed by atoms with Gasteiger partial charge in [-0.05, 0) is 6.42 Å². The van der Waals surface area contributed by atoms with Crippen molar-refractivity contribution in [3.05, 3.63) is 0 Å². The van der Waals surface area contributed by atoms with E-state index in [1.807, 2.05) is 0 Å². The molecule has 15 heavy (non-hydrogen) atoms. The van der Waals surface area contributed by atoms with Crippen LogP contribution < -0.4 is 10.6 Å². The predicted octanol–water partition coefficient (Wildman–Crippen LogP) is 0.961. The van der Waals surface area contributed by atoms with Gasteiger partial charge in [0, 0.05) is 13.0 Å².